The lowest BCUT2D eigenvalue weighted by Gasteiger charge is -2.28. The Balaban J connectivity index is 2.09. The van der Waals surface area contributed by atoms with E-state index in [9.17, 15) is 4.79 Å². The van der Waals surface area contributed by atoms with Crippen LogP contribution < -0.4 is 16.0 Å². The summed E-state index contributed by atoms with van der Waals surface area (Å²) in [6.45, 7) is 6.76. The molecule has 18 heavy (non-hydrogen) atoms. The summed E-state index contributed by atoms with van der Waals surface area (Å²) >= 11 is 0. The van der Waals surface area contributed by atoms with Gasteiger partial charge in [0.15, 0.2) is 0 Å². The summed E-state index contributed by atoms with van der Waals surface area (Å²) in [5, 5.41) is 9.47. The Morgan fingerprint density at radius 3 is 2.78 bits per heavy atom. The number of carbonyl (C=O) groups excluding carboxylic acids is 1. The molecule has 0 aromatic rings. The summed E-state index contributed by atoms with van der Waals surface area (Å²) in [6, 6.07) is 0.333. The smallest absolute Gasteiger partial charge is 0.238 e. The summed E-state index contributed by atoms with van der Waals surface area (Å²) in [4.78, 5) is 14.0. The molecule has 0 spiro atoms. The highest BCUT2D eigenvalue weighted by atomic mass is 16.5. The molecule has 0 aromatic heterocycles. The van der Waals surface area contributed by atoms with Crippen molar-refractivity contribution in [3.63, 3.8) is 0 Å². The van der Waals surface area contributed by atoms with Gasteiger partial charge in [-0.15, -0.1) is 0 Å². The maximum Gasteiger partial charge on any atom is 0.238 e. The van der Waals surface area contributed by atoms with Gasteiger partial charge < -0.3 is 25.6 Å². The monoisotopic (exact) mass is 258 g/mol. The highest BCUT2D eigenvalue weighted by Crippen LogP contribution is 1.93. The van der Waals surface area contributed by atoms with Crippen molar-refractivity contribution in [1.29, 1.82) is 0 Å². The number of hydrogen-bond acceptors (Lipinski definition) is 5. The lowest BCUT2D eigenvalue weighted by Crippen LogP contribution is -2.59. The second-order valence-corrected chi connectivity index (χ2v) is 4.86. The normalized spacial score (nSPS) is 24.2. The molecule has 0 aromatic carbocycles. The average Bonchev–Trinajstić information content (AvgIpc) is 2.37. The first-order valence-electron chi connectivity index (χ1n) is 6.55. The average molecular weight is 258 g/mol. The quantitative estimate of drug-likeness (QED) is 0.526. The van der Waals surface area contributed by atoms with Gasteiger partial charge in [-0.25, -0.2) is 0 Å². The van der Waals surface area contributed by atoms with Gasteiger partial charge >= 0.3 is 0 Å². The van der Waals surface area contributed by atoms with E-state index < -0.39 is 0 Å². The maximum atomic E-state index is 11.8. The number of hydrogen-bond donors (Lipinski definition) is 3. The number of rotatable bonds is 7. The summed E-state index contributed by atoms with van der Waals surface area (Å²) in [7, 11) is 3.71. The number of likely N-dealkylation sites (N-methyl/N-ethyl adjacent to an activating group) is 1. The Hall–Kier alpha value is -0.690. The second kappa shape index (κ2) is 8.42. The van der Waals surface area contributed by atoms with Crippen LogP contribution in [0.25, 0.3) is 0 Å². The molecule has 1 heterocycles. The molecule has 1 rings (SSSR count). The molecule has 0 radical (unpaired) electrons. The van der Waals surface area contributed by atoms with E-state index in [4.69, 9.17) is 4.74 Å². The van der Waals surface area contributed by atoms with Crippen molar-refractivity contribution in [1.82, 2.24) is 20.9 Å². The minimum absolute atomic E-state index is 0.0783. The molecular weight excluding hydrogens is 232 g/mol. The highest BCUT2D eigenvalue weighted by Gasteiger charge is 2.22. The zero-order chi connectivity index (χ0) is 13.4. The first-order valence-corrected chi connectivity index (χ1v) is 6.55. The lowest BCUT2D eigenvalue weighted by molar-refractivity contribution is -0.123. The van der Waals surface area contributed by atoms with Crippen molar-refractivity contribution >= 4 is 5.91 Å². The zero-order valence-electron chi connectivity index (χ0n) is 11.7. The van der Waals surface area contributed by atoms with Crippen molar-refractivity contribution in [2.75, 3.05) is 53.5 Å². The molecule has 3 N–H and O–H groups in total. The standard InChI is InChI=1S/C12H26N4O2/c1-10-8-15-11(9-14-10)12(17)13-4-5-16(2)6-7-18-3/h10-11,14-15H,4-9H2,1-3H3,(H,13,17). The van der Waals surface area contributed by atoms with E-state index in [-0.39, 0.29) is 11.9 Å². The van der Waals surface area contributed by atoms with E-state index in [0.29, 0.717) is 19.1 Å². The summed E-state index contributed by atoms with van der Waals surface area (Å²) in [5.41, 5.74) is 0. The third kappa shape index (κ3) is 5.77. The fourth-order valence-electron chi connectivity index (χ4n) is 1.82. The Kier molecular flexibility index (Phi) is 7.19. The number of amides is 1. The predicted molar refractivity (Wildman–Crippen MR) is 71.6 cm³/mol. The molecule has 2 atom stereocenters. The molecule has 1 aliphatic rings. The molecular formula is C12H26N4O2. The summed E-state index contributed by atoms with van der Waals surface area (Å²) in [5.74, 6) is 0.0783. The third-order valence-corrected chi connectivity index (χ3v) is 3.13. The van der Waals surface area contributed by atoms with E-state index in [1.807, 2.05) is 7.05 Å². The minimum atomic E-state index is -0.106. The first-order chi connectivity index (χ1) is 8.63. The number of carbonyl (C=O) groups is 1. The van der Waals surface area contributed by atoms with Crippen LogP contribution in [0.4, 0.5) is 0 Å². The minimum Gasteiger partial charge on any atom is -0.383 e. The molecule has 0 saturated carbocycles. The van der Waals surface area contributed by atoms with Crippen LogP contribution >= 0.6 is 0 Å². The van der Waals surface area contributed by atoms with Gasteiger partial charge in [-0.1, -0.05) is 0 Å². The highest BCUT2D eigenvalue weighted by molar-refractivity contribution is 5.82. The van der Waals surface area contributed by atoms with Crippen molar-refractivity contribution < 1.29 is 9.53 Å². The summed E-state index contributed by atoms with van der Waals surface area (Å²) < 4.78 is 5.00. The Morgan fingerprint density at radius 2 is 2.17 bits per heavy atom. The molecule has 1 aliphatic heterocycles. The van der Waals surface area contributed by atoms with Crippen LogP contribution in [0.2, 0.25) is 0 Å². The lowest BCUT2D eigenvalue weighted by atomic mass is 10.1. The van der Waals surface area contributed by atoms with Crippen LogP contribution in [0.5, 0.6) is 0 Å². The van der Waals surface area contributed by atoms with Crippen molar-refractivity contribution in [2.45, 2.75) is 19.0 Å². The van der Waals surface area contributed by atoms with Crippen LogP contribution in [0.15, 0.2) is 0 Å². The fourth-order valence-corrected chi connectivity index (χ4v) is 1.82. The van der Waals surface area contributed by atoms with Gasteiger partial charge in [-0.2, -0.15) is 0 Å². The molecule has 2 unspecified atom stereocenters. The van der Waals surface area contributed by atoms with Gasteiger partial charge in [0.05, 0.1) is 12.6 Å². The van der Waals surface area contributed by atoms with Crippen LogP contribution in [-0.4, -0.2) is 76.4 Å². The maximum absolute atomic E-state index is 11.8. The summed E-state index contributed by atoms with van der Waals surface area (Å²) in [6.07, 6.45) is 0. The third-order valence-electron chi connectivity index (χ3n) is 3.13. The number of nitrogens with one attached hydrogen (secondary N) is 3. The Morgan fingerprint density at radius 1 is 1.39 bits per heavy atom. The number of nitrogens with zero attached hydrogens (tertiary/aromatic N) is 1. The van der Waals surface area contributed by atoms with Crippen LogP contribution in [0, 0.1) is 0 Å². The Labute approximate surface area is 109 Å². The van der Waals surface area contributed by atoms with Crippen molar-refractivity contribution in [3.05, 3.63) is 0 Å². The number of methoxy groups -OCH3 is 1. The van der Waals surface area contributed by atoms with Crippen LogP contribution in [0.1, 0.15) is 6.92 Å². The van der Waals surface area contributed by atoms with Gasteiger partial charge in [0, 0.05) is 45.9 Å². The number of ether oxygens (including phenoxy) is 1. The predicted octanol–water partition coefficient (Wildman–Crippen LogP) is -1.37. The van der Waals surface area contributed by atoms with E-state index >= 15 is 0 Å². The van der Waals surface area contributed by atoms with Gasteiger partial charge in [-0.3, -0.25) is 4.79 Å². The zero-order valence-corrected chi connectivity index (χ0v) is 11.7. The topological polar surface area (TPSA) is 65.6 Å². The van der Waals surface area contributed by atoms with Crippen molar-refractivity contribution in [3.8, 4) is 0 Å². The molecule has 0 aliphatic carbocycles. The van der Waals surface area contributed by atoms with Gasteiger partial charge in [0.25, 0.3) is 0 Å². The SMILES string of the molecule is COCCN(C)CCNC(=O)C1CNC(C)CN1. The molecule has 106 valence electrons. The molecule has 1 fully saturated rings. The molecule has 0 bridgehead atoms. The van der Waals surface area contributed by atoms with Gasteiger partial charge in [0.1, 0.15) is 0 Å². The fraction of sp³-hybridized carbons (Fsp3) is 0.917. The van der Waals surface area contributed by atoms with Crippen LogP contribution in [-0.2, 0) is 9.53 Å². The molecule has 6 nitrogen and oxygen atoms in total. The van der Waals surface area contributed by atoms with E-state index in [1.165, 1.54) is 0 Å². The number of piperazine rings is 1. The molecule has 1 saturated heterocycles. The second-order valence-electron chi connectivity index (χ2n) is 4.86. The van der Waals surface area contributed by atoms with Crippen molar-refractivity contribution in [2.24, 2.45) is 0 Å². The van der Waals surface area contributed by atoms with E-state index in [0.717, 1.165) is 26.2 Å². The Bertz CT molecular complexity index is 242. The van der Waals surface area contributed by atoms with Crippen LogP contribution in [0.3, 0.4) is 0 Å². The molecule has 1 amide bonds. The van der Waals surface area contributed by atoms with Gasteiger partial charge in [0.2, 0.25) is 5.91 Å². The van der Waals surface area contributed by atoms with E-state index in [1.54, 1.807) is 7.11 Å². The first kappa shape index (κ1) is 15.4. The molecule has 6 heteroatoms. The van der Waals surface area contributed by atoms with E-state index in [2.05, 4.69) is 27.8 Å². The largest absolute Gasteiger partial charge is 0.383 e. The van der Waals surface area contributed by atoms with Gasteiger partial charge in [-0.05, 0) is 14.0 Å².